The van der Waals surface area contributed by atoms with Crippen LogP contribution in [0.5, 0.6) is 5.75 Å². The van der Waals surface area contributed by atoms with E-state index < -0.39 is 0 Å². The van der Waals surface area contributed by atoms with Crippen molar-refractivity contribution in [2.75, 3.05) is 6.54 Å². The zero-order valence-electron chi connectivity index (χ0n) is 14.2. The van der Waals surface area contributed by atoms with E-state index in [1.807, 2.05) is 37.3 Å². The Morgan fingerprint density at radius 1 is 1.26 bits per heavy atom. The molecule has 0 aliphatic carbocycles. The van der Waals surface area contributed by atoms with Gasteiger partial charge in [0.1, 0.15) is 16.7 Å². The summed E-state index contributed by atoms with van der Waals surface area (Å²) in [5, 5.41) is 1.15. The van der Waals surface area contributed by atoms with Crippen molar-refractivity contribution in [3.05, 3.63) is 66.9 Å². The minimum absolute atomic E-state index is 0.0543. The number of thiocarbonyl (C=S) groups is 1. The standard InChI is InChI=1S/C19H14BrCl2NO2S2/c1-2-23-18(24)17(27-19(23)26)8-11-3-6-16(14(20)7-11)25-10-12-4-5-13(21)9-15(12)22/h3-9H,2,10H2,1H3/b17-8-. The van der Waals surface area contributed by atoms with Gasteiger partial charge in [0.05, 0.1) is 9.38 Å². The highest BCUT2D eigenvalue weighted by Crippen LogP contribution is 2.34. The third-order valence-electron chi connectivity index (χ3n) is 3.84. The number of nitrogens with zero attached hydrogens (tertiary/aromatic N) is 1. The molecule has 3 nitrogen and oxygen atoms in total. The largest absolute Gasteiger partial charge is 0.488 e. The van der Waals surface area contributed by atoms with Gasteiger partial charge in [-0.3, -0.25) is 9.69 Å². The van der Waals surface area contributed by atoms with Gasteiger partial charge in [-0.2, -0.15) is 0 Å². The van der Waals surface area contributed by atoms with Crippen LogP contribution in [0.3, 0.4) is 0 Å². The molecule has 0 spiro atoms. The number of thioether (sulfide) groups is 1. The van der Waals surface area contributed by atoms with E-state index in [2.05, 4.69) is 15.9 Å². The summed E-state index contributed by atoms with van der Waals surface area (Å²) < 4.78 is 7.22. The van der Waals surface area contributed by atoms with E-state index in [4.69, 9.17) is 40.2 Å². The Bertz CT molecular complexity index is 949. The normalized spacial score (nSPS) is 15.7. The van der Waals surface area contributed by atoms with Crippen molar-refractivity contribution in [3.8, 4) is 5.75 Å². The SMILES string of the molecule is CCN1C(=O)/C(=C/c2ccc(OCc3ccc(Cl)cc3Cl)c(Br)c2)SC1=S. The molecule has 2 aromatic rings. The Kier molecular flexibility index (Phi) is 6.87. The van der Waals surface area contributed by atoms with Gasteiger partial charge in [-0.05, 0) is 58.8 Å². The van der Waals surface area contributed by atoms with Crippen LogP contribution in [0.1, 0.15) is 18.1 Å². The molecule has 0 atom stereocenters. The van der Waals surface area contributed by atoms with Crippen LogP contribution in [-0.2, 0) is 11.4 Å². The molecule has 0 unspecified atom stereocenters. The van der Waals surface area contributed by atoms with Gasteiger partial charge in [0.2, 0.25) is 0 Å². The van der Waals surface area contributed by atoms with E-state index in [0.717, 1.165) is 15.6 Å². The lowest BCUT2D eigenvalue weighted by atomic mass is 10.2. The highest BCUT2D eigenvalue weighted by molar-refractivity contribution is 9.10. The highest BCUT2D eigenvalue weighted by Gasteiger charge is 2.30. The molecule has 140 valence electrons. The summed E-state index contributed by atoms with van der Waals surface area (Å²) in [4.78, 5) is 14.5. The first kappa shape index (κ1) is 20.7. The second-order valence-electron chi connectivity index (χ2n) is 5.64. The van der Waals surface area contributed by atoms with E-state index in [9.17, 15) is 4.79 Å². The van der Waals surface area contributed by atoms with E-state index in [1.165, 1.54) is 11.8 Å². The van der Waals surface area contributed by atoms with E-state index in [-0.39, 0.29) is 5.91 Å². The molecule has 2 aromatic carbocycles. The number of ether oxygens (including phenoxy) is 1. The van der Waals surface area contributed by atoms with Crippen LogP contribution in [0.15, 0.2) is 45.8 Å². The molecule has 1 amide bonds. The van der Waals surface area contributed by atoms with Crippen LogP contribution in [0.4, 0.5) is 0 Å². The molecule has 3 rings (SSSR count). The van der Waals surface area contributed by atoms with Gasteiger partial charge in [-0.1, -0.05) is 59.3 Å². The molecule has 0 N–H and O–H groups in total. The quantitative estimate of drug-likeness (QED) is 0.342. The highest BCUT2D eigenvalue weighted by atomic mass is 79.9. The minimum atomic E-state index is -0.0543. The first-order valence-electron chi connectivity index (χ1n) is 8.00. The number of rotatable bonds is 5. The number of likely N-dealkylation sites (N-methyl/N-ethyl adjacent to an activating group) is 1. The topological polar surface area (TPSA) is 29.5 Å². The number of amides is 1. The molecule has 0 saturated carbocycles. The summed E-state index contributed by atoms with van der Waals surface area (Å²) in [6, 6.07) is 10.9. The summed E-state index contributed by atoms with van der Waals surface area (Å²) in [6.07, 6.45) is 1.83. The van der Waals surface area contributed by atoms with Crippen molar-refractivity contribution in [2.24, 2.45) is 0 Å². The lowest BCUT2D eigenvalue weighted by Crippen LogP contribution is -2.27. The number of hydrogen-bond donors (Lipinski definition) is 0. The van der Waals surface area contributed by atoms with Gasteiger partial charge in [-0.15, -0.1) is 0 Å². The molecule has 1 aliphatic heterocycles. The van der Waals surface area contributed by atoms with Crippen LogP contribution in [-0.4, -0.2) is 21.7 Å². The number of hydrogen-bond acceptors (Lipinski definition) is 4. The zero-order valence-corrected chi connectivity index (χ0v) is 18.9. The second kappa shape index (κ2) is 8.97. The maximum Gasteiger partial charge on any atom is 0.266 e. The fourth-order valence-corrected chi connectivity index (χ4v) is 4.80. The molecule has 0 radical (unpaired) electrons. The smallest absolute Gasteiger partial charge is 0.266 e. The Balaban J connectivity index is 1.73. The molecular formula is C19H14BrCl2NO2S2. The fourth-order valence-electron chi connectivity index (χ4n) is 2.44. The summed E-state index contributed by atoms with van der Waals surface area (Å²) >= 11 is 22.2. The lowest BCUT2D eigenvalue weighted by molar-refractivity contribution is -0.121. The van der Waals surface area contributed by atoms with Gasteiger partial charge in [0, 0.05) is 22.2 Å². The average Bonchev–Trinajstić information content (AvgIpc) is 2.88. The second-order valence-corrected chi connectivity index (χ2v) is 9.01. The first-order valence-corrected chi connectivity index (χ1v) is 10.8. The number of halogens is 3. The van der Waals surface area contributed by atoms with Crippen molar-refractivity contribution < 1.29 is 9.53 Å². The maximum atomic E-state index is 12.3. The van der Waals surface area contributed by atoms with Gasteiger partial charge < -0.3 is 4.74 Å². The molecule has 0 aromatic heterocycles. The summed E-state index contributed by atoms with van der Waals surface area (Å²) in [5.41, 5.74) is 1.73. The Labute approximate surface area is 185 Å². The van der Waals surface area contributed by atoms with E-state index >= 15 is 0 Å². The third-order valence-corrected chi connectivity index (χ3v) is 6.43. The summed E-state index contributed by atoms with van der Waals surface area (Å²) in [6.45, 7) is 2.80. The van der Waals surface area contributed by atoms with Crippen molar-refractivity contribution in [1.82, 2.24) is 4.90 Å². The van der Waals surface area contributed by atoms with Crippen molar-refractivity contribution in [2.45, 2.75) is 13.5 Å². The Hall–Kier alpha value is -1.05. The van der Waals surface area contributed by atoms with Gasteiger partial charge in [0.25, 0.3) is 5.91 Å². The van der Waals surface area contributed by atoms with E-state index in [0.29, 0.717) is 38.2 Å². The van der Waals surface area contributed by atoms with Crippen molar-refractivity contribution >= 4 is 79.4 Å². The molecule has 1 saturated heterocycles. The number of carbonyl (C=O) groups excluding carboxylic acids is 1. The molecule has 1 heterocycles. The molecule has 0 bridgehead atoms. The molecule has 27 heavy (non-hydrogen) atoms. The van der Waals surface area contributed by atoms with Crippen LogP contribution in [0.2, 0.25) is 10.0 Å². The van der Waals surface area contributed by atoms with Crippen LogP contribution in [0.25, 0.3) is 6.08 Å². The van der Waals surface area contributed by atoms with Crippen LogP contribution in [0, 0.1) is 0 Å². The summed E-state index contributed by atoms with van der Waals surface area (Å²) in [5.74, 6) is 0.626. The van der Waals surface area contributed by atoms with Crippen LogP contribution < -0.4 is 4.74 Å². The van der Waals surface area contributed by atoms with Crippen LogP contribution >= 0.6 is 63.1 Å². The minimum Gasteiger partial charge on any atom is -0.488 e. The van der Waals surface area contributed by atoms with Crippen molar-refractivity contribution in [1.29, 1.82) is 0 Å². The number of benzene rings is 2. The Morgan fingerprint density at radius 2 is 2.04 bits per heavy atom. The molecule has 1 fully saturated rings. The predicted octanol–water partition coefficient (Wildman–Crippen LogP) is 6.56. The third kappa shape index (κ3) is 4.87. The van der Waals surface area contributed by atoms with Crippen molar-refractivity contribution in [3.63, 3.8) is 0 Å². The molecule has 8 heteroatoms. The average molecular weight is 503 g/mol. The van der Waals surface area contributed by atoms with Gasteiger partial charge >= 0.3 is 0 Å². The molecule has 1 aliphatic rings. The summed E-state index contributed by atoms with van der Waals surface area (Å²) in [7, 11) is 0. The fraction of sp³-hybridized carbons (Fsp3) is 0.158. The first-order chi connectivity index (χ1) is 12.9. The monoisotopic (exact) mass is 501 g/mol. The van der Waals surface area contributed by atoms with Gasteiger partial charge in [0.15, 0.2) is 0 Å². The molecular weight excluding hydrogens is 489 g/mol. The predicted molar refractivity (Wildman–Crippen MR) is 120 cm³/mol. The van der Waals surface area contributed by atoms with Gasteiger partial charge in [-0.25, -0.2) is 0 Å². The van der Waals surface area contributed by atoms with E-state index in [1.54, 1.807) is 17.0 Å². The zero-order chi connectivity index (χ0) is 19.6. The lowest BCUT2D eigenvalue weighted by Gasteiger charge is -2.11. The number of carbonyl (C=O) groups is 1. The maximum absolute atomic E-state index is 12.3. The Morgan fingerprint density at radius 3 is 2.67 bits per heavy atom.